The van der Waals surface area contributed by atoms with Crippen LogP contribution in [0, 0.1) is 0 Å². The minimum absolute atomic E-state index is 0.0891. The third-order valence-electron chi connectivity index (χ3n) is 1.66. The molecule has 0 aliphatic heterocycles. The molecule has 0 saturated carbocycles. The van der Waals surface area contributed by atoms with E-state index in [1.54, 1.807) is 21.1 Å². The number of quaternary nitrogens is 1. The van der Waals surface area contributed by atoms with E-state index in [-0.39, 0.29) is 11.1 Å². The van der Waals surface area contributed by atoms with Crippen molar-refractivity contribution in [3.63, 3.8) is 0 Å². The molecule has 0 bridgehead atoms. The normalized spacial score (nSPS) is 13.5. The van der Waals surface area contributed by atoms with Crippen LogP contribution in [0.2, 0.25) is 0 Å². The van der Waals surface area contributed by atoms with E-state index in [1.165, 1.54) is 6.92 Å². The van der Waals surface area contributed by atoms with Crippen molar-refractivity contribution in [1.82, 2.24) is 0 Å². The van der Waals surface area contributed by atoms with Crippen LogP contribution < -0.4 is 0 Å². The number of carbonyl (C=O) groups excluding carboxylic acids is 1. The Labute approximate surface area is 77.5 Å². The van der Waals surface area contributed by atoms with E-state index in [0.717, 1.165) is 0 Å². The van der Waals surface area contributed by atoms with Crippen molar-refractivity contribution < 1.29 is 23.9 Å². The summed E-state index contributed by atoms with van der Waals surface area (Å²) in [4.78, 5) is 21.2. The lowest BCUT2D eigenvalue weighted by Gasteiger charge is -2.30. The number of carbonyl (C=O) groups is 2. The monoisotopic (exact) mass is 190 g/mol. The second kappa shape index (κ2) is 4.23. The van der Waals surface area contributed by atoms with Gasteiger partial charge in [0.1, 0.15) is 0 Å². The quantitative estimate of drug-likeness (QED) is 0.488. The molecule has 0 aliphatic rings. The van der Waals surface area contributed by atoms with Crippen LogP contribution in [0.25, 0.3) is 0 Å². The lowest BCUT2D eigenvalue weighted by molar-refractivity contribution is -0.887. The Morgan fingerprint density at radius 3 is 2.08 bits per heavy atom. The number of esters is 1. The maximum Gasteiger partial charge on any atom is 0.366 e. The van der Waals surface area contributed by atoms with Gasteiger partial charge in [-0.2, -0.15) is 0 Å². The van der Waals surface area contributed by atoms with Gasteiger partial charge >= 0.3 is 11.9 Å². The van der Waals surface area contributed by atoms with Gasteiger partial charge in [-0.05, 0) is 0 Å². The van der Waals surface area contributed by atoms with E-state index in [4.69, 9.17) is 5.11 Å². The summed E-state index contributed by atoms with van der Waals surface area (Å²) in [5, 5.41) is 8.81. The van der Waals surface area contributed by atoms with Gasteiger partial charge in [0.25, 0.3) is 0 Å². The summed E-state index contributed by atoms with van der Waals surface area (Å²) in [6.07, 6.45) is 0. The predicted octanol–water partition coefficient (Wildman–Crippen LogP) is -0.291. The lowest BCUT2D eigenvalue weighted by atomic mass is 10.2. The molecule has 13 heavy (non-hydrogen) atoms. The molecule has 0 fully saturated rings. The van der Waals surface area contributed by atoms with Crippen LogP contribution in [-0.4, -0.2) is 55.3 Å². The number of nitrogens with zero attached hydrogens (tertiary/aromatic N) is 1. The Bertz CT molecular complexity index is 207. The number of carboxylic acid groups (broad SMARTS) is 1. The number of likely N-dealkylation sites (N-methyl/N-ethyl adjacent to an activating group) is 1. The predicted molar refractivity (Wildman–Crippen MR) is 46.1 cm³/mol. The average molecular weight is 190 g/mol. The van der Waals surface area contributed by atoms with Gasteiger partial charge in [-0.3, -0.25) is 4.79 Å². The molecular formula is C8H16NO4+. The SMILES string of the molecule is CC(=O)OCC(C(=O)O)[N+](C)(C)C. The van der Waals surface area contributed by atoms with E-state index in [1.807, 2.05) is 0 Å². The molecule has 0 rings (SSSR count). The molecule has 76 valence electrons. The Hall–Kier alpha value is -1.10. The van der Waals surface area contributed by atoms with Crippen LogP contribution >= 0.6 is 0 Å². The topological polar surface area (TPSA) is 63.6 Å². The maximum atomic E-state index is 10.8. The first-order chi connectivity index (χ1) is 5.75. The van der Waals surface area contributed by atoms with E-state index < -0.39 is 18.0 Å². The highest BCUT2D eigenvalue weighted by Gasteiger charge is 2.32. The van der Waals surface area contributed by atoms with Gasteiger partial charge in [0.05, 0.1) is 21.1 Å². The van der Waals surface area contributed by atoms with Crippen LogP contribution in [0.15, 0.2) is 0 Å². The molecule has 1 atom stereocenters. The van der Waals surface area contributed by atoms with Crippen molar-refractivity contribution in [2.75, 3.05) is 27.7 Å². The van der Waals surface area contributed by atoms with Gasteiger partial charge in [-0.15, -0.1) is 0 Å². The second-order valence-corrected chi connectivity index (χ2v) is 3.77. The van der Waals surface area contributed by atoms with Gasteiger partial charge in [0, 0.05) is 6.92 Å². The molecule has 0 aromatic carbocycles. The zero-order valence-electron chi connectivity index (χ0n) is 8.40. The fraction of sp³-hybridized carbons (Fsp3) is 0.750. The summed E-state index contributed by atoms with van der Waals surface area (Å²) in [6, 6.07) is -0.719. The van der Waals surface area contributed by atoms with Crippen molar-refractivity contribution in [2.45, 2.75) is 13.0 Å². The van der Waals surface area contributed by atoms with E-state index in [2.05, 4.69) is 4.74 Å². The largest absolute Gasteiger partial charge is 0.477 e. The van der Waals surface area contributed by atoms with Crippen molar-refractivity contribution in [1.29, 1.82) is 0 Å². The molecule has 5 nitrogen and oxygen atoms in total. The minimum Gasteiger partial charge on any atom is -0.477 e. The highest BCUT2D eigenvalue weighted by Crippen LogP contribution is 2.03. The number of hydrogen-bond donors (Lipinski definition) is 1. The summed E-state index contributed by atoms with van der Waals surface area (Å²) in [5.74, 6) is -1.42. The van der Waals surface area contributed by atoms with Crippen molar-refractivity contribution in [3.05, 3.63) is 0 Å². The summed E-state index contributed by atoms with van der Waals surface area (Å²) in [6.45, 7) is 1.17. The van der Waals surface area contributed by atoms with Crippen molar-refractivity contribution >= 4 is 11.9 Å². The molecule has 0 radical (unpaired) electrons. The van der Waals surface area contributed by atoms with Crippen LogP contribution in [0.1, 0.15) is 6.92 Å². The number of hydrogen-bond acceptors (Lipinski definition) is 3. The third kappa shape index (κ3) is 4.47. The average Bonchev–Trinajstić information content (AvgIpc) is 1.81. The third-order valence-corrected chi connectivity index (χ3v) is 1.66. The Kier molecular flexibility index (Phi) is 3.87. The first kappa shape index (κ1) is 11.9. The fourth-order valence-corrected chi connectivity index (χ4v) is 0.823. The Morgan fingerprint density at radius 1 is 1.38 bits per heavy atom. The van der Waals surface area contributed by atoms with Crippen LogP contribution in [0.3, 0.4) is 0 Å². The van der Waals surface area contributed by atoms with E-state index >= 15 is 0 Å². The molecule has 0 aromatic rings. The summed E-state index contributed by atoms with van der Waals surface area (Å²) >= 11 is 0. The lowest BCUT2D eigenvalue weighted by Crippen LogP contribution is -2.52. The maximum absolute atomic E-state index is 10.8. The second-order valence-electron chi connectivity index (χ2n) is 3.77. The molecule has 0 aliphatic carbocycles. The van der Waals surface area contributed by atoms with Crippen molar-refractivity contribution in [3.8, 4) is 0 Å². The molecule has 0 amide bonds. The molecule has 0 spiro atoms. The molecule has 5 heteroatoms. The smallest absolute Gasteiger partial charge is 0.366 e. The first-order valence-corrected chi connectivity index (χ1v) is 3.92. The molecule has 0 heterocycles. The van der Waals surface area contributed by atoms with Gasteiger partial charge < -0.3 is 14.3 Å². The van der Waals surface area contributed by atoms with Gasteiger partial charge in [-0.25, -0.2) is 4.79 Å². The molecule has 1 N–H and O–H groups in total. The van der Waals surface area contributed by atoms with E-state index in [0.29, 0.717) is 0 Å². The fourth-order valence-electron chi connectivity index (χ4n) is 0.823. The highest BCUT2D eigenvalue weighted by atomic mass is 16.5. The molecular weight excluding hydrogens is 174 g/mol. The zero-order chi connectivity index (χ0) is 10.6. The summed E-state index contributed by atoms with van der Waals surface area (Å²) in [5.41, 5.74) is 0. The number of ether oxygens (including phenoxy) is 1. The highest BCUT2D eigenvalue weighted by molar-refractivity contribution is 5.73. The van der Waals surface area contributed by atoms with Crippen LogP contribution in [0.4, 0.5) is 0 Å². The summed E-state index contributed by atoms with van der Waals surface area (Å²) in [7, 11) is 5.22. The Morgan fingerprint density at radius 2 is 1.85 bits per heavy atom. The molecule has 0 aromatic heterocycles. The standard InChI is InChI=1S/C8H15NO4/c1-6(10)13-5-7(8(11)12)9(2,3)4/h7H,5H2,1-4H3/p+1. The van der Waals surface area contributed by atoms with Gasteiger partial charge in [0.2, 0.25) is 6.04 Å². The van der Waals surface area contributed by atoms with Gasteiger partial charge in [0.15, 0.2) is 6.61 Å². The first-order valence-electron chi connectivity index (χ1n) is 3.92. The summed E-state index contributed by atoms with van der Waals surface area (Å²) < 4.78 is 4.88. The van der Waals surface area contributed by atoms with Gasteiger partial charge in [-0.1, -0.05) is 0 Å². The number of aliphatic carboxylic acids is 1. The van der Waals surface area contributed by atoms with E-state index in [9.17, 15) is 9.59 Å². The molecule has 0 saturated heterocycles. The zero-order valence-corrected chi connectivity index (χ0v) is 8.40. The Balaban J connectivity index is 4.28. The van der Waals surface area contributed by atoms with Crippen LogP contribution in [-0.2, 0) is 14.3 Å². The molecule has 1 unspecified atom stereocenters. The minimum atomic E-state index is -0.964. The number of carboxylic acids is 1. The van der Waals surface area contributed by atoms with Crippen molar-refractivity contribution in [2.24, 2.45) is 0 Å². The number of rotatable bonds is 4. The van der Waals surface area contributed by atoms with Crippen LogP contribution in [0.5, 0.6) is 0 Å².